The average Bonchev–Trinajstić information content (AvgIpc) is 2.52. The summed E-state index contributed by atoms with van der Waals surface area (Å²) in [5, 5.41) is 3.77. The second-order valence-electron chi connectivity index (χ2n) is 6.37. The van der Waals surface area contributed by atoms with Crippen LogP contribution < -0.4 is 5.32 Å². The summed E-state index contributed by atoms with van der Waals surface area (Å²) in [4.78, 5) is 14.7. The van der Waals surface area contributed by atoms with Crippen LogP contribution in [0.15, 0.2) is 18.2 Å². The van der Waals surface area contributed by atoms with Gasteiger partial charge in [0.25, 0.3) is 0 Å². The lowest BCUT2D eigenvalue weighted by Gasteiger charge is -2.43. The van der Waals surface area contributed by atoms with E-state index in [1.165, 1.54) is 38.5 Å². The van der Waals surface area contributed by atoms with Crippen LogP contribution >= 0.6 is 23.2 Å². The number of nitrogens with zero attached hydrogens (tertiary/aromatic N) is 1. The van der Waals surface area contributed by atoms with Gasteiger partial charge in [0.2, 0.25) is 5.91 Å². The first-order chi connectivity index (χ1) is 10.6. The van der Waals surface area contributed by atoms with E-state index >= 15 is 0 Å². The largest absolute Gasteiger partial charge is 0.324 e. The number of hydrogen-bond acceptors (Lipinski definition) is 2. The topological polar surface area (TPSA) is 32.3 Å². The van der Waals surface area contributed by atoms with Crippen LogP contribution in [-0.4, -0.2) is 29.9 Å². The van der Waals surface area contributed by atoms with Crippen LogP contribution in [0.4, 0.5) is 5.69 Å². The highest BCUT2D eigenvalue weighted by Crippen LogP contribution is 2.35. The summed E-state index contributed by atoms with van der Waals surface area (Å²) in [6, 6.07) is 5.88. The molecule has 1 saturated carbocycles. The van der Waals surface area contributed by atoms with Gasteiger partial charge in [-0.25, -0.2) is 0 Å². The third-order valence-corrected chi connectivity index (χ3v) is 5.75. The molecule has 2 fully saturated rings. The van der Waals surface area contributed by atoms with Crippen LogP contribution in [0.25, 0.3) is 0 Å². The van der Waals surface area contributed by atoms with Crippen molar-refractivity contribution in [3.63, 3.8) is 0 Å². The lowest BCUT2D eigenvalue weighted by molar-refractivity contribution is -0.118. The Bertz CT molecular complexity index is 547. The van der Waals surface area contributed by atoms with Gasteiger partial charge >= 0.3 is 0 Å². The van der Waals surface area contributed by atoms with Crippen molar-refractivity contribution in [1.82, 2.24) is 4.90 Å². The fourth-order valence-corrected chi connectivity index (χ4v) is 4.25. The summed E-state index contributed by atoms with van der Waals surface area (Å²) >= 11 is 12.1. The molecule has 1 aliphatic carbocycles. The van der Waals surface area contributed by atoms with E-state index in [1.54, 1.807) is 18.2 Å². The summed E-state index contributed by atoms with van der Waals surface area (Å²) in [5.74, 6) is 0.778. The minimum atomic E-state index is -0.00427. The van der Waals surface area contributed by atoms with E-state index in [1.807, 2.05) is 0 Å². The quantitative estimate of drug-likeness (QED) is 0.872. The highest BCUT2D eigenvalue weighted by Gasteiger charge is 2.33. The molecule has 0 aromatic heterocycles. The third-order valence-electron chi connectivity index (χ3n) is 4.93. The fourth-order valence-electron chi connectivity index (χ4n) is 3.90. The number of amides is 1. The standard InChI is InChI=1S/C17H22Cl2N2O/c18-13-7-3-8-14(17(13)19)20-16(22)11-21-10-4-6-12-5-1-2-9-15(12)21/h3,7-8,12,15H,1-2,4-6,9-11H2,(H,20,22)/t12-,15-/m0/s1. The Labute approximate surface area is 142 Å². The van der Waals surface area contributed by atoms with Crippen molar-refractivity contribution in [2.45, 2.75) is 44.6 Å². The number of rotatable bonds is 3. The summed E-state index contributed by atoms with van der Waals surface area (Å²) in [7, 11) is 0. The number of likely N-dealkylation sites (tertiary alicyclic amines) is 1. The average molecular weight is 341 g/mol. The number of benzene rings is 1. The predicted octanol–water partition coefficient (Wildman–Crippen LogP) is 4.59. The third kappa shape index (κ3) is 3.58. The van der Waals surface area contributed by atoms with Gasteiger partial charge in [-0.3, -0.25) is 9.69 Å². The monoisotopic (exact) mass is 340 g/mol. The molecular weight excluding hydrogens is 319 g/mol. The van der Waals surface area contributed by atoms with Gasteiger partial charge in [0.05, 0.1) is 22.3 Å². The number of anilines is 1. The number of piperidine rings is 1. The molecular formula is C17H22Cl2N2O. The molecule has 1 saturated heterocycles. The zero-order valence-corrected chi connectivity index (χ0v) is 14.2. The number of carbonyl (C=O) groups is 1. The lowest BCUT2D eigenvalue weighted by atomic mass is 9.78. The number of halogens is 2. The van der Waals surface area contributed by atoms with Crippen LogP contribution in [0.2, 0.25) is 10.0 Å². The summed E-state index contributed by atoms with van der Waals surface area (Å²) in [5.41, 5.74) is 0.594. The second kappa shape index (κ2) is 7.20. The maximum atomic E-state index is 12.4. The van der Waals surface area contributed by atoms with Crippen LogP contribution in [0.5, 0.6) is 0 Å². The molecule has 0 radical (unpaired) electrons. The smallest absolute Gasteiger partial charge is 0.238 e. The molecule has 0 bridgehead atoms. The van der Waals surface area contributed by atoms with E-state index in [2.05, 4.69) is 10.2 Å². The molecule has 0 spiro atoms. The van der Waals surface area contributed by atoms with Crippen molar-refractivity contribution < 1.29 is 4.79 Å². The van der Waals surface area contributed by atoms with Crippen molar-refractivity contribution in [3.05, 3.63) is 28.2 Å². The predicted molar refractivity (Wildman–Crippen MR) is 91.6 cm³/mol. The van der Waals surface area contributed by atoms with Gasteiger partial charge in [0.15, 0.2) is 0 Å². The first-order valence-electron chi connectivity index (χ1n) is 8.13. The Morgan fingerprint density at radius 1 is 1.18 bits per heavy atom. The highest BCUT2D eigenvalue weighted by molar-refractivity contribution is 6.43. The van der Waals surface area contributed by atoms with Crippen LogP contribution in [0, 0.1) is 5.92 Å². The van der Waals surface area contributed by atoms with Crippen molar-refractivity contribution in [1.29, 1.82) is 0 Å². The summed E-state index contributed by atoms with van der Waals surface area (Å²) in [6.45, 7) is 1.47. The van der Waals surface area contributed by atoms with E-state index in [0.717, 1.165) is 12.5 Å². The van der Waals surface area contributed by atoms with E-state index in [0.29, 0.717) is 28.3 Å². The molecule has 0 unspecified atom stereocenters. The fraction of sp³-hybridized carbons (Fsp3) is 0.588. The Hall–Kier alpha value is -0.770. The Kier molecular flexibility index (Phi) is 5.27. The minimum absolute atomic E-state index is 0.00427. The molecule has 2 aliphatic rings. The molecule has 1 amide bonds. The van der Waals surface area contributed by atoms with Gasteiger partial charge < -0.3 is 5.32 Å². The molecule has 1 N–H and O–H groups in total. The molecule has 5 heteroatoms. The molecule has 120 valence electrons. The van der Waals surface area contributed by atoms with E-state index in [9.17, 15) is 4.79 Å². The first-order valence-corrected chi connectivity index (χ1v) is 8.88. The van der Waals surface area contributed by atoms with Crippen molar-refractivity contribution in [2.75, 3.05) is 18.4 Å². The number of fused-ring (bicyclic) bond motifs is 1. The Balaban J connectivity index is 1.62. The molecule has 1 heterocycles. The SMILES string of the molecule is O=C(CN1CCC[C@@H]2CCCC[C@@H]21)Nc1cccc(Cl)c1Cl. The number of nitrogens with one attached hydrogen (secondary N) is 1. The maximum Gasteiger partial charge on any atom is 0.238 e. The molecule has 3 nitrogen and oxygen atoms in total. The van der Waals surface area contributed by atoms with Crippen LogP contribution in [0.3, 0.4) is 0 Å². The van der Waals surface area contributed by atoms with Gasteiger partial charge in [-0.05, 0) is 50.3 Å². The minimum Gasteiger partial charge on any atom is -0.324 e. The highest BCUT2D eigenvalue weighted by atomic mass is 35.5. The summed E-state index contributed by atoms with van der Waals surface area (Å²) in [6.07, 6.45) is 7.72. The first kappa shape index (κ1) is 16.1. The zero-order valence-electron chi connectivity index (χ0n) is 12.7. The second-order valence-corrected chi connectivity index (χ2v) is 7.16. The van der Waals surface area contributed by atoms with Crippen LogP contribution in [-0.2, 0) is 4.79 Å². The van der Waals surface area contributed by atoms with Gasteiger partial charge in [-0.15, -0.1) is 0 Å². The number of carbonyl (C=O) groups excluding carboxylic acids is 1. The molecule has 1 aromatic rings. The van der Waals surface area contributed by atoms with Gasteiger partial charge in [0.1, 0.15) is 0 Å². The lowest BCUT2D eigenvalue weighted by Crippen LogP contribution is -2.49. The maximum absolute atomic E-state index is 12.4. The molecule has 22 heavy (non-hydrogen) atoms. The Morgan fingerprint density at radius 2 is 1.95 bits per heavy atom. The van der Waals surface area contributed by atoms with Crippen molar-refractivity contribution >= 4 is 34.8 Å². The Morgan fingerprint density at radius 3 is 2.82 bits per heavy atom. The van der Waals surface area contributed by atoms with E-state index in [4.69, 9.17) is 23.2 Å². The van der Waals surface area contributed by atoms with Crippen molar-refractivity contribution in [3.8, 4) is 0 Å². The van der Waals surface area contributed by atoms with Crippen molar-refractivity contribution in [2.24, 2.45) is 5.92 Å². The van der Waals surface area contributed by atoms with Gasteiger partial charge in [0, 0.05) is 6.04 Å². The molecule has 1 aliphatic heterocycles. The van der Waals surface area contributed by atoms with Crippen LogP contribution in [0.1, 0.15) is 38.5 Å². The van der Waals surface area contributed by atoms with E-state index in [-0.39, 0.29) is 5.91 Å². The normalized spacial score (nSPS) is 25.5. The molecule has 1 aromatic carbocycles. The van der Waals surface area contributed by atoms with Gasteiger partial charge in [-0.2, -0.15) is 0 Å². The van der Waals surface area contributed by atoms with E-state index < -0.39 is 0 Å². The molecule has 2 atom stereocenters. The zero-order chi connectivity index (χ0) is 15.5. The molecule has 3 rings (SSSR count). The summed E-state index contributed by atoms with van der Waals surface area (Å²) < 4.78 is 0. The number of hydrogen-bond donors (Lipinski definition) is 1. The van der Waals surface area contributed by atoms with Gasteiger partial charge in [-0.1, -0.05) is 42.1 Å².